The van der Waals surface area contributed by atoms with E-state index in [0.29, 0.717) is 12.4 Å². The SMILES string of the molecule is CCCN1CNC(=O)c2[nH]cnc21. The Bertz CT molecular complexity index is 320. The monoisotopic (exact) mass is 180 g/mol. The molecule has 1 aliphatic rings. The van der Waals surface area contributed by atoms with Gasteiger partial charge in [0.25, 0.3) is 5.91 Å². The molecule has 5 heteroatoms. The number of rotatable bonds is 2. The first kappa shape index (κ1) is 8.10. The van der Waals surface area contributed by atoms with Crippen molar-refractivity contribution >= 4 is 11.7 Å². The first-order valence-corrected chi connectivity index (χ1v) is 4.39. The Balaban J connectivity index is 2.30. The van der Waals surface area contributed by atoms with Gasteiger partial charge in [0.1, 0.15) is 5.69 Å². The summed E-state index contributed by atoms with van der Waals surface area (Å²) in [5, 5.41) is 2.77. The number of aromatic nitrogens is 2. The van der Waals surface area contributed by atoms with Crippen LogP contribution in [0, 0.1) is 0 Å². The molecule has 0 fully saturated rings. The number of fused-ring (bicyclic) bond motifs is 1. The van der Waals surface area contributed by atoms with Crippen molar-refractivity contribution in [1.29, 1.82) is 0 Å². The number of amides is 1. The molecule has 1 aromatic rings. The lowest BCUT2D eigenvalue weighted by atomic mass is 10.3. The predicted octanol–water partition coefficient (Wildman–Crippen LogP) is 0.327. The highest BCUT2D eigenvalue weighted by molar-refractivity contribution is 5.98. The predicted molar refractivity (Wildman–Crippen MR) is 48.6 cm³/mol. The second-order valence-corrected chi connectivity index (χ2v) is 3.03. The van der Waals surface area contributed by atoms with E-state index in [0.717, 1.165) is 18.8 Å². The van der Waals surface area contributed by atoms with Crippen molar-refractivity contribution in [3.8, 4) is 0 Å². The number of nitrogens with one attached hydrogen (secondary N) is 2. The van der Waals surface area contributed by atoms with E-state index in [2.05, 4.69) is 22.2 Å². The number of H-pyrrole nitrogens is 1. The summed E-state index contributed by atoms with van der Waals surface area (Å²) in [6.07, 6.45) is 2.60. The third kappa shape index (κ3) is 1.26. The van der Waals surface area contributed by atoms with Crippen molar-refractivity contribution in [2.75, 3.05) is 18.1 Å². The van der Waals surface area contributed by atoms with Gasteiger partial charge < -0.3 is 15.2 Å². The number of carbonyl (C=O) groups is 1. The minimum absolute atomic E-state index is 0.0696. The largest absolute Gasteiger partial charge is 0.339 e. The molecule has 0 aliphatic carbocycles. The molecule has 1 aromatic heterocycles. The van der Waals surface area contributed by atoms with E-state index in [4.69, 9.17) is 0 Å². The van der Waals surface area contributed by atoms with Crippen LogP contribution in [0.15, 0.2) is 6.33 Å². The minimum Gasteiger partial charge on any atom is -0.339 e. The lowest BCUT2D eigenvalue weighted by molar-refractivity contribution is 0.0943. The standard InChI is InChI=1S/C8H12N4O/c1-2-3-12-5-11-8(13)6-7(12)10-4-9-6/h4H,2-3,5H2,1H3,(H,9,10)(H,11,13). The Labute approximate surface area is 76.2 Å². The Kier molecular flexibility index (Phi) is 1.92. The highest BCUT2D eigenvalue weighted by atomic mass is 16.2. The second kappa shape index (κ2) is 3.08. The summed E-state index contributed by atoms with van der Waals surface area (Å²) in [5.74, 6) is 0.699. The van der Waals surface area contributed by atoms with Gasteiger partial charge in [-0.15, -0.1) is 0 Å². The molecule has 0 atom stereocenters. The van der Waals surface area contributed by atoms with Crippen LogP contribution in [-0.4, -0.2) is 29.1 Å². The normalized spacial score (nSPS) is 15.5. The highest BCUT2D eigenvalue weighted by Crippen LogP contribution is 2.18. The quantitative estimate of drug-likeness (QED) is 0.689. The van der Waals surface area contributed by atoms with Gasteiger partial charge in [-0.3, -0.25) is 4.79 Å². The van der Waals surface area contributed by atoms with E-state index in [1.807, 2.05) is 4.90 Å². The summed E-state index contributed by atoms with van der Waals surface area (Å²) in [7, 11) is 0. The first-order valence-electron chi connectivity index (χ1n) is 4.39. The van der Waals surface area contributed by atoms with Crippen molar-refractivity contribution in [1.82, 2.24) is 15.3 Å². The maximum atomic E-state index is 11.3. The maximum Gasteiger partial charge on any atom is 0.272 e. The lowest BCUT2D eigenvalue weighted by Crippen LogP contribution is -2.43. The van der Waals surface area contributed by atoms with Crippen molar-refractivity contribution in [2.24, 2.45) is 0 Å². The summed E-state index contributed by atoms with van der Waals surface area (Å²) in [4.78, 5) is 20.3. The Morgan fingerprint density at radius 3 is 3.31 bits per heavy atom. The van der Waals surface area contributed by atoms with Crippen LogP contribution in [0.2, 0.25) is 0 Å². The summed E-state index contributed by atoms with van der Waals surface area (Å²) >= 11 is 0. The molecule has 2 rings (SSSR count). The van der Waals surface area contributed by atoms with Crippen LogP contribution in [-0.2, 0) is 0 Å². The number of hydrogen-bond acceptors (Lipinski definition) is 3. The van der Waals surface area contributed by atoms with E-state index < -0.39 is 0 Å². The molecule has 0 spiro atoms. The van der Waals surface area contributed by atoms with Crippen molar-refractivity contribution in [3.05, 3.63) is 12.0 Å². The van der Waals surface area contributed by atoms with Crippen LogP contribution < -0.4 is 10.2 Å². The van der Waals surface area contributed by atoms with Gasteiger partial charge in [-0.1, -0.05) is 6.92 Å². The fraction of sp³-hybridized carbons (Fsp3) is 0.500. The summed E-state index contributed by atoms with van der Waals surface area (Å²) in [6, 6.07) is 0. The van der Waals surface area contributed by atoms with Crippen LogP contribution in [0.4, 0.5) is 5.82 Å². The van der Waals surface area contributed by atoms with Gasteiger partial charge in [-0.25, -0.2) is 4.98 Å². The Hall–Kier alpha value is -1.52. The van der Waals surface area contributed by atoms with Crippen molar-refractivity contribution < 1.29 is 4.79 Å². The van der Waals surface area contributed by atoms with Crippen LogP contribution in [0.3, 0.4) is 0 Å². The fourth-order valence-electron chi connectivity index (χ4n) is 1.48. The Morgan fingerprint density at radius 2 is 2.54 bits per heavy atom. The molecule has 0 unspecified atom stereocenters. The molecule has 1 amide bonds. The fourth-order valence-corrected chi connectivity index (χ4v) is 1.48. The first-order chi connectivity index (χ1) is 6.33. The van der Waals surface area contributed by atoms with Gasteiger partial charge in [-0.2, -0.15) is 0 Å². The average molecular weight is 180 g/mol. The van der Waals surface area contributed by atoms with Gasteiger partial charge >= 0.3 is 0 Å². The molecule has 5 nitrogen and oxygen atoms in total. The molecule has 2 N–H and O–H groups in total. The van der Waals surface area contributed by atoms with Crippen LogP contribution in [0.25, 0.3) is 0 Å². The molecule has 0 bridgehead atoms. The zero-order valence-corrected chi connectivity index (χ0v) is 7.50. The van der Waals surface area contributed by atoms with Crippen LogP contribution in [0.1, 0.15) is 23.8 Å². The second-order valence-electron chi connectivity index (χ2n) is 3.03. The van der Waals surface area contributed by atoms with E-state index >= 15 is 0 Å². The average Bonchev–Trinajstić information content (AvgIpc) is 2.59. The third-order valence-electron chi connectivity index (χ3n) is 2.07. The maximum absolute atomic E-state index is 11.3. The molecule has 2 heterocycles. The molecule has 13 heavy (non-hydrogen) atoms. The number of hydrogen-bond donors (Lipinski definition) is 2. The summed E-state index contributed by atoms with van der Waals surface area (Å²) < 4.78 is 0. The zero-order valence-electron chi connectivity index (χ0n) is 7.50. The lowest BCUT2D eigenvalue weighted by Gasteiger charge is -2.26. The molecule has 0 radical (unpaired) electrons. The number of aromatic amines is 1. The number of anilines is 1. The Morgan fingerprint density at radius 1 is 1.69 bits per heavy atom. The van der Waals surface area contributed by atoms with Gasteiger partial charge in [0.05, 0.1) is 13.0 Å². The third-order valence-corrected chi connectivity index (χ3v) is 2.07. The molecule has 0 aromatic carbocycles. The van der Waals surface area contributed by atoms with Crippen molar-refractivity contribution in [2.45, 2.75) is 13.3 Å². The minimum atomic E-state index is -0.0696. The molecular formula is C8H12N4O. The van der Waals surface area contributed by atoms with Crippen molar-refractivity contribution in [3.63, 3.8) is 0 Å². The van der Waals surface area contributed by atoms with E-state index in [-0.39, 0.29) is 5.91 Å². The van der Waals surface area contributed by atoms with Gasteiger partial charge in [-0.05, 0) is 6.42 Å². The molecule has 0 saturated carbocycles. The number of carbonyl (C=O) groups excluding carboxylic acids is 1. The van der Waals surface area contributed by atoms with Crippen LogP contribution >= 0.6 is 0 Å². The van der Waals surface area contributed by atoms with Gasteiger partial charge in [0.2, 0.25) is 0 Å². The summed E-state index contributed by atoms with van der Waals surface area (Å²) in [6.45, 7) is 3.57. The molecular weight excluding hydrogens is 168 g/mol. The van der Waals surface area contributed by atoms with Gasteiger partial charge in [0, 0.05) is 6.54 Å². The topological polar surface area (TPSA) is 61.0 Å². The van der Waals surface area contributed by atoms with E-state index in [9.17, 15) is 4.79 Å². The smallest absolute Gasteiger partial charge is 0.272 e. The molecule has 0 saturated heterocycles. The zero-order chi connectivity index (χ0) is 9.26. The molecule has 1 aliphatic heterocycles. The summed E-state index contributed by atoms with van der Waals surface area (Å²) in [5.41, 5.74) is 0.569. The molecule has 70 valence electrons. The highest BCUT2D eigenvalue weighted by Gasteiger charge is 2.24. The van der Waals surface area contributed by atoms with E-state index in [1.54, 1.807) is 6.33 Å². The van der Waals surface area contributed by atoms with E-state index in [1.165, 1.54) is 0 Å². The number of imidazole rings is 1. The van der Waals surface area contributed by atoms with Crippen LogP contribution in [0.5, 0.6) is 0 Å². The number of nitrogens with zero attached hydrogens (tertiary/aromatic N) is 2. The van der Waals surface area contributed by atoms with Gasteiger partial charge in [0.15, 0.2) is 5.82 Å².